The highest BCUT2D eigenvalue weighted by Gasteiger charge is 2.30. The van der Waals surface area contributed by atoms with Crippen molar-refractivity contribution in [2.24, 2.45) is 5.92 Å². The lowest BCUT2D eigenvalue weighted by Crippen LogP contribution is -2.43. The Morgan fingerprint density at radius 3 is 2.43 bits per heavy atom. The van der Waals surface area contributed by atoms with Crippen molar-refractivity contribution in [2.45, 2.75) is 52.4 Å². The van der Waals surface area contributed by atoms with Gasteiger partial charge in [0.25, 0.3) is 0 Å². The number of benzene rings is 1. The number of hydrogen-bond acceptors (Lipinski definition) is 3. The zero-order chi connectivity index (χ0) is 20.3. The molecule has 1 aromatic carbocycles. The van der Waals surface area contributed by atoms with Crippen molar-refractivity contribution in [3.63, 3.8) is 0 Å². The standard InChI is InChI=1S/C22H30N4O2/c1-5-25(21(28)16-10-9-11-16)15-20(27)23-19-14-18(22(2,3)4)24-26(19)17-12-7-6-8-13-17/h6-8,12-14,16H,5,9-11,15H2,1-4H3,(H,23,27). The molecule has 0 radical (unpaired) electrons. The van der Waals surface area contributed by atoms with Crippen LogP contribution in [0.5, 0.6) is 0 Å². The minimum Gasteiger partial charge on any atom is -0.333 e. The summed E-state index contributed by atoms with van der Waals surface area (Å²) < 4.78 is 1.75. The summed E-state index contributed by atoms with van der Waals surface area (Å²) in [5, 5.41) is 7.67. The van der Waals surface area contributed by atoms with Crippen LogP contribution in [-0.4, -0.2) is 39.6 Å². The highest BCUT2D eigenvalue weighted by molar-refractivity contribution is 5.94. The highest BCUT2D eigenvalue weighted by Crippen LogP contribution is 2.28. The van der Waals surface area contributed by atoms with Gasteiger partial charge < -0.3 is 10.2 Å². The quantitative estimate of drug-likeness (QED) is 0.827. The lowest BCUT2D eigenvalue weighted by Gasteiger charge is -2.30. The van der Waals surface area contributed by atoms with Crippen molar-refractivity contribution in [1.82, 2.24) is 14.7 Å². The van der Waals surface area contributed by atoms with E-state index in [-0.39, 0.29) is 29.7 Å². The van der Waals surface area contributed by atoms with Crippen molar-refractivity contribution >= 4 is 17.6 Å². The molecule has 150 valence electrons. The fourth-order valence-electron chi connectivity index (χ4n) is 3.22. The largest absolute Gasteiger partial charge is 0.333 e. The SMILES string of the molecule is CCN(CC(=O)Nc1cc(C(C)(C)C)nn1-c1ccccc1)C(=O)C1CCC1. The van der Waals surface area contributed by atoms with Gasteiger partial charge in [-0.2, -0.15) is 5.10 Å². The molecule has 2 amide bonds. The van der Waals surface area contributed by atoms with Gasteiger partial charge in [-0.25, -0.2) is 4.68 Å². The number of nitrogens with zero attached hydrogens (tertiary/aromatic N) is 3. The maximum atomic E-state index is 12.7. The van der Waals surface area contributed by atoms with E-state index in [0.29, 0.717) is 12.4 Å². The molecule has 2 aromatic rings. The van der Waals surface area contributed by atoms with Crippen LogP contribution in [0.25, 0.3) is 5.69 Å². The fourth-order valence-corrected chi connectivity index (χ4v) is 3.22. The first-order chi connectivity index (χ1) is 13.3. The average molecular weight is 383 g/mol. The van der Waals surface area contributed by atoms with E-state index in [4.69, 9.17) is 5.10 Å². The third-order valence-electron chi connectivity index (χ3n) is 5.23. The first-order valence-corrected chi connectivity index (χ1v) is 10.0. The van der Waals surface area contributed by atoms with Gasteiger partial charge in [0.15, 0.2) is 0 Å². The van der Waals surface area contributed by atoms with Crippen LogP contribution in [0.15, 0.2) is 36.4 Å². The van der Waals surface area contributed by atoms with Crippen LogP contribution in [-0.2, 0) is 15.0 Å². The molecule has 6 heteroatoms. The van der Waals surface area contributed by atoms with E-state index in [9.17, 15) is 9.59 Å². The molecule has 0 atom stereocenters. The zero-order valence-electron chi connectivity index (χ0n) is 17.2. The molecule has 1 aliphatic rings. The summed E-state index contributed by atoms with van der Waals surface area (Å²) in [6.07, 6.45) is 2.98. The molecule has 6 nitrogen and oxygen atoms in total. The van der Waals surface area contributed by atoms with E-state index in [2.05, 4.69) is 26.1 Å². The van der Waals surface area contributed by atoms with Crippen LogP contribution >= 0.6 is 0 Å². The average Bonchev–Trinajstić information content (AvgIpc) is 3.03. The number of amides is 2. The van der Waals surface area contributed by atoms with Crippen LogP contribution in [0.3, 0.4) is 0 Å². The first-order valence-electron chi connectivity index (χ1n) is 10.0. The number of carbonyl (C=O) groups excluding carboxylic acids is 2. The summed E-state index contributed by atoms with van der Waals surface area (Å²) in [6, 6.07) is 11.6. The zero-order valence-corrected chi connectivity index (χ0v) is 17.2. The van der Waals surface area contributed by atoms with Crippen LogP contribution in [0.4, 0.5) is 5.82 Å². The molecule has 3 rings (SSSR count). The third-order valence-corrected chi connectivity index (χ3v) is 5.23. The van der Waals surface area contributed by atoms with Gasteiger partial charge in [-0.15, -0.1) is 0 Å². The minimum atomic E-state index is -0.202. The minimum absolute atomic E-state index is 0.0661. The first kappa shape index (κ1) is 20.1. The molecular weight excluding hydrogens is 352 g/mol. The van der Waals surface area contributed by atoms with Crippen molar-refractivity contribution < 1.29 is 9.59 Å². The number of likely N-dealkylation sites (N-methyl/N-ethyl adjacent to an activating group) is 1. The summed E-state index contributed by atoms with van der Waals surface area (Å²) in [6.45, 7) is 8.78. The van der Waals surface area contributed by atoms with Crippen molar-refractivity contribution in [3.8, 4) is 5.69 Å². The Bertz CT molecular complexity index is 832. The van der Waals surface area contributed by atoms with Gasteiger partial charge >= 0.3 is 0 Å². The number of rotatable bonds is 6. The fraction of sp³-hybridized carbons (Fsp3) is 0.500. The van der Waals surface area contributed by atoms with Crippen molar-refractivity contribution in [2.75, 3.05) is 18.4 Å². The molecule has 28 heavy (non-hydrogen) atoms. The van der Waals surface area contributed by atoms with Gasteiger partial charge in [-0.3, -0.25) is 9.59 Å². The maximum Gasteiger partial charge on any atom is 0.245 e. The second kappa shape index (κ2) is 8.17. The van der Waals surface area contributed by atoms with Gasteiger partial charge in [-0.05, 0) is 31.9 Å². The second-order valence-electron chi connectivity index (χ2n) is 8.44. The molecule has 1 fully saturated rings. The predicted molar refractivity (Wildman–Crippen MR) is 110 cm³/mol. The molecule has 0 bridgehead atoms. The topological polar surface area (TPSA) is 67.2 Å². The van der Waals surface area contributed by atoms with Crippen LogP contribution in [0, 0.1) is 5.92 Å². The molecule has 0 unspecified atom stereocenters. The summed E-state index contributed by atoms with van der Waals surface area (Å²) in [5.41, 5.74) is 1.63. The number of nitrogens with one attached hydrogen (secondary N) is 1. The summed E-state index contributed by atoms with van der Waals surface area (Å²) >= 11 is 0. The smallest absolute Gasteiger partial charge is 0.245 e. The molecule has 1 saturated carbocycles. The number of anilines is 1. The van der Waals surface area contributed by atoms with Crippen LogP contribution < -0.4 is 5.32 Å². The Kier molecular flexibility index (Phi) is 5.87. The number of para-hydroxylation sites is 1. The Labute approximate surface area is 166 Å². The highest BCUT2D eigenvalue weighted by atomic mass is 16.2. The number of aromatic nitrogens is 2. The summed E-state index contributed by atoms with van der Waals surface area (Å²) in [4.78, 5) is 26.9. The summed E-state index contributed by atoms with van der Waals surface area (Å²) in [5.74, 6) is 0.603. The number of carbonyl (C=O) groups is 2. The van der Waals surface area contributed by atoms with E-state index in [0.717, 1.165) is 30.6 Å². The lowest BCUT2D eigenvalue weighted by molar-refractivity contribution is -0.140. The van der Waals surface area contributed by atoms with Gasteiger partial charge in [0.2, 0.25) is 11.8 Å². The monoisotopic (exact) mass is 382 g/mol. The molecule has 0 saturated heterocycles. The Hall–Kier alpha value is -2.63. The Balaban J connectivity index is 1.79. The van der Waals surface area contributed by atoms with Crippen molar-refractivity contribution in [3.05, 3.63) is 42.1 Å². The van der Waals surface area contributed by atoms with E-state index in [1.54, 1.807) is 9.58 Å². The van der Waals surface area contributed by atoms with Crippen LogP contribution in [0.1, 0.15) is 52.7 Å². The van der Waals surface area contributed by atoms with Gasteiger partial charge in [0, 0.05) is 23.9 Å². The molecule has 1 aliphatic carbocycles. The predicted octanol–water partition coefficient (Wildman–Crippen LogP) is 3.76. The second-order valence-corrected chi connectivity index (χ2v) is 8.44. The molecular formula is C22H30N4O2. The van der Waals surface area contributed by atoms with E-state index in [1.807, 2.05) is 43.3 Å². The molecule has 0 aliphatic heterocycles. The van der Waals surface area contributed by atoms with Crippen LogP contribution in [0.2, 0.25) is 0 Å². The van der Waals surface area contributed by atoms with Gasteiger partial charge in [0.1, 0.15) is 5.82 Å². The Morgan fingerprint density at radius 1 is 1.21 bits per heavy atom. The maximum absolute atomic E-state index is 12.7. The van der Waals surface area contributed by atoms with E-state index in [1.165, 1.54) is 0 Å². The summed E-state index contributed by atoms with van der Waals surface area (Å²) in [7, 11) is 0. The number of hydrogen-bond donors (Lipinski definition) is 1. The van der Waals surface area contributed by atoms with E-state index >= 15 is 0 Å². The normalized spacial score (nSPS) is 14.4. The van der Waals surface area contributed by atoms with Gasteiger partial charge in [-0.1, -0.05) is 45.4 Å². The Morgan fingerprint density at radius 2 is 1.89 bits per heavy atom. The van der Waals surface area contributed by atoms with Gasteiger partial charge in [0.05, 0.1) is 17.9 Å². The van der Waals surface area contributed by atoms with Crippen molar-refractivity contribution in [1.29, 1.82) is 0 Å². The molecule has 1 N–H and O–H groups in total. The molecule has 0 spiro atoms. The molecule has 1 heterocycles. The lowest BCUT2D eigenvalue weighted by atomic mass is 9.84. The molecule has 1 aromatic heterocycles. The van der Waals surface area contributed by atoms with E-state index < -0.39 is 0 Å². The third kappa shape index (κ3) is 4.43.